The number of ether oxygens (including phenoxy) is 1. The van der Waals surface area contributed by atoms with Crippen molar-refractivity contribution in [2.24, 2.45) is 0 Å². The van der Waals surface area contributed by atoms with Gasteiger partial charge >= 0.3 is 0 Å². The van der Waals surface area contributed by atoms with E-state index in [1.807, 2.05) is 17.9 Å². The molecule has 38 heavy (non-hydrogen) atoms. The summed E-state index contributed by atoms with van der Waals surface area (Å²) < 4.78 is 25.0. The molecule has 2 aliphatic heterocycles. The number of benzene rings is 2. The van der Waals surface area contributed by atoms with Crippen LogP contribution < -0.4 is 9.80 Å². The number of carbonyl (C=O) groups excluding carboxylic acids is 1. The van der Waals surface area contributed by atoms with Crippen molar-refractivity contribution in [2.75, 3.05) is 62.3 Å². The maximum Gasteiger partial charge on any atom is 0.227 e. The van der Waals surface area contributed by atoms with Gasteiger partial charge in [0.2, 0.25) is 5.91 Å². The quantitative estimate of drug-likeness (QED) is 0.337. The van der Waals surface area contributed by atoms with Crippen molar-refractivity contribution >= 4 is 51.4 Å². The minimum atomic E-state index is -0.210. The van der Waals surface area contributed by atoms with Gasteiger partial charge in [0, 0.05) is 63.1 Å². The second kappa shape index (κ2) is 11.9. The van der Waals surface area contributed by atoms with Gasteiger partial charge in [-0.25, -0.2) is 4.39 Å². The fourth-order valence-electron chi connectivity index (χ4n) is 5.70. The summed E-state index contributed by atoms with van der Waals surface area (Å²) >= 11 is 1.44. The number of carbonyl (C=O) groups is 1. The second-order valence-electron chi connectivity index (χ2n) is 10.8. The lowest BCUT2D eigenvalue weighted by Gasteiger charge is -2.40. The van der Waals surface area contributed by atoms with E-state index in [1.165, 1.54) is 28.7 Å². The first-order chi connectivity index (χ1) is 17.8. The predicted octanol–water partition coefficient (Wildman–Crippen LogP) is 5.58. The molecule has 5 rings (SSSR count). The zero-order valence-electron chi connectivity index (χ0n) is 22.8. The molecule has 1 amide bonds. The van der Waals surface area contributed by atoms with E-state index >= 15 is 0 Å². The number of hydrogen-bond donors (Lipinski definition) is 0. The fraction of sp³-hybridized carbons (Fsp3) is 0.517. The topological polar surface area (TPSA) is 48.9 Å². The third-order valence-electron chi connectivity index (χ3n) is 7.72. The van der Waals surface area contributed by atoms with Gasteiger partial charge in [0.25, 0.3) is 0 Å². The summed E-state index contributed by atoms with van der Waals surface area (Å²) in [5.74, 6) is 0.884. The van der Waals surface area contributed by atoms with Crippen molar-refractivity contribution in [3.63, 3.8) is 0 Å². The van der Waals surface area contributed by atoms with Crippen LogP contribution in [0.4, 0.5) is 15.9 Å². The van der Waals surface area contributed by atoms with Crippen molar-refractivity contribution in [1.29, 1.82) is 0 Å². The molecule has 1 saturated heterocycles. The Hall–Kier alpha value is -2.26. The number of hydrogen-bond acceptors (Lipinski definition) is 6. The lowest BCUT2D eigenvalue weighted by atomic mass is 9.75. The number of anilines is 2. The predicted molar refractivity (Wildman–Crippen MR) is 157 cm³/mol. The summed E-state index contributed by atoms with van der Waals surface area (Å²) in [5, 5.41) is 0.916. The highest BCUT2D eigenvalue weighted by atomic mass is 35.5. The normalized spacial score (nSPS) is 17.6. The van der Waals surface area contributed by atoms with Gasteiger partial charge in [-0.3, -0.25) is 9.69 Å². The number of amides is 1. The minimum Gasteiger partial charge on any atom is -0.380 e. The minimum absolute atomic E-state index is 0. The van der Waals surface area contributed by atoms with Crippen LogP contribution in [-0.4, -0.2) is 67.7 Å². The Morgan fingerprint density at radius 1 is 1.11 bits per heavy atom. The lowest BCUT2D eigenvalue weighted by Crippen LogP contribution is -2.47. The van der Waals surface area contributed by atoms with Gasteiger partial charge < -0.3 is 14.5 Å². The van der Waals surface area contributed by atoms with E-state index in [9.17, 15) is 9.18 Å². The Kier molecular flexibility index (Phi) is 8.97. The molecular formula is C29H38ClFN4O2S. The van der Waals surface area contributed by atoms with Crippen molar-refractivity contribution in [1.82, 2.24) is 9.27 Å². The monoisotopic (exact) mass is 560 g/mol. The first kappa shape index (κ1) is 28.7. The first-order valence-corrected chi connectivity index (χ1v) is 14.1. The van der Waals surface area contributed by atoms with Crippen LogP contribution in [0.1, 0.15) is 43.9 Å². The molecule has 2 aliphatic rings. The van der Waals surface area contributed by atoms with Crippen molar-refractivity contribution in [3.05, 3.63) is 52.8 Å². The van der Waals surface area contributed by atoms with Crippen LogP contribution in [0, 0.1) is 12.7 Å². The highest BCUT2D eigenvalue weighted by molar-refractivity contribution is 7.13. The fourth-order valence-corrected chi connectivity index (χ4v) is 6.48. The molecule has 3 aromatic rings. The van der Waals surface area contributed by atoms with Crippen LogP contribution in [0.25, 0.3) is 10.1 Å². The number of halogens is 2. The van der Waals surface area contributed by atoms with E-state index < -0.39 is 0 Å². The molecule has 0 saturated carbocycles. The molecule has 206 valence electrons. The lowest BCUT2D eigenvalue weighted by molar-refractivity contribution is -0.120. The summed E-state index contributed by atoms with van der Waals surface area (Å²) in [6, 6.07) is 9.51. The average Bonchev–Trinajstić information content (AvgIpc) is 3.28. The van der Waals surface area contributed by atoms with Crippen LogP contribution >= 0.6 is 23.9 Å². The zero-order chi connectivity index (χ0) is 26.2. The smallest absolute Gasteiger partial charge is 0.227 e. The molecule has 0 bridgehead atoms. The van der Waals surface area contributed by atoms with E-state index in [-0.39, 0.29) is 29.5 Å². The summed E-state index contributed by atoms with van der Waals surface area (Å²) in [4.78, 5) is 19.7. The second-order valence-corrected chi connectivity index (χ2v) is 11.6. The molecule has 0 atom stereocenters. The Balaban J connectivity index is 0.00000336. The number of nitrogens with zero attached hydrogens (tertiary/aromatic N) is 4. The van der Waals surface area contributed by atoms with E-state index in [0.717, 1.165) is 66.3 Å². The van der Waals surface area contributed by atoms with Crippen molar-refractivity contribution in [2.45, 2.75) is 46.0 Å². The van der Waals surface area contributed by atoms with Crippen LogP contribution in [0.5, 0.6) is 0 Å². The van der Waals surface area contributed by atoms with Gasteiger partial charge in [-0.05, 0) is 66.7 Å². The standard InChI is InChI=1S/C29H37FN4O2S.ClH/c1-5-36-15-14-34-26(35)19-29(3,4)24-17-21(16-20(2)27(24)34)8-9-32-10-12-33(13-11-32)28-23-18-22(30)6-7-25(23)37-31-28;/h6-7,16-18H,5,8-15,19H2,1-4H3;1H. The third-order valence-corrected chi connectivity index (χ3v) is 8.54. The number of piperazine rings is 1. The van der Waals surface area contributed by atoms with Crippen LogP contribution in [0.2, 0.25) is 0 Å². The summed E-state index contributed by atoms with van der Waals surface area (Å²) in [6.45, 7) is 15.0. The molecule has 6 nitrogen and oxygen atoms in total. The van der Waals surface area contributed by atoms with Gasteiger partial charge in [0.15, 0.2) is 0 Å². The molecule has 1 fully saturated rings. The summed E-state index contributed by atoms with van der Waals surface area (Å²) in [7, 11) is 0. The zero-order valence-corrected chi connectivity index (χ0v) is 24.4. The maximum atomic E-state index is 13.8. The highest BCUT2D eigenvalue weighted by Gasteiger charge is 2.37. The molecule has 3 heterocycles. The number of rotatable bonds is 8. The van der Waals surface area contributed by atoms with E-state index in [1.54, 1.807) is 6.07 Å². The van der Waals surface area contributed by atoms with Crippen molar-refractivity contribution in [3.8, 4) is 0 Å². The van der Waals surface area contributed by atoms with E-state index in [0.29, 0.717) is 26.2 Å². The Morgan fingerprint density at radius 3 is 2.61 bits per heavy atom. The molecule has 2 aromatic carbocycles. The van der Waals surface area contributed by atoms with Gasteiger partial charge in [0.1, 0.15) is 11.6 Å². The number of aryl methyl sites for hydroxylation is 1. The Bertz CT molecular complexity index is 1290. The van der Waals surface area contributed by atoms with E-state index in [2.05, 4.69) is 47.1 Å². The van der Waals surface area contributed by atoms with Gasteiger partial charge in [-0.2, -0.15) is 4.37 Å². The molecule has 0 unspecified atom stereocenters. The van der Waals surface area contributed by atoms with Gasteiger partial charge in [-0.1, -0.05) is 26.0 Å². The molecular weight excluding hydrogens is 523 g/mol. The molecule has 9 heteroatoms. The molecule has 1 aromatic heterocycles. The summed E-state index contributed by atoms with van der Waals surface area (Å²) in [6.07, 6.45) is 1.49. The van der Waals surface area contributed by atoms with Crippen LogP contribution in [0.15, 0.2) is 30.3 Å². The number of aromatic nitrogens is 1. The van der Waals surface area contributed by atoms with Gasteiger partial charge in [-0.15, -0.1) is 12.4 Å². The first-order valence-electron chi connectivity index (χ1n) is 13.3. The van der Waals surface area contributed by atoms with Crippen molar-refractivity contribution < 1.29 is 13.9 Å². The highest BCUT2D eigenvalue weighted by Crippen LogP contribution is 2.42. The Labute approximate surface area is 235 Å². The Morgan fingerprint density at radius 2 is 1.87 bits per heavy atom. The van der Waals surface area contributed by atoms with Gasteiger partial charge in [0.05, 0.1) is 17.0 Å². The van der Waals surface area contributed by atoms with Crippen LogP contribution in [-0.2, 0) is 21.4 Å². The molecule has 0 N–H and O–H groups in total. The maximum absolute atomic E-state index is 13.8. The molecule has 0 aliphatic carbocycles. The number of fused-ring (bicyclic) bond motifs is 2. The van der Waals surface area contributed by atoms with E-state index in [4.69, 9.17) is 4.74 Å². The SMILES string of the molecule is CCOCCN1C(=O)CC(C)(C)c2cc(CCN3CCN(c4nsc5ccc(F)cc45)CC3)cc(C)c21.Cl. The largest absolute Gasteiger partial charge is 0.380 e. The molecule has 0 radical (unpaired) electrons. The average molecular weight is 561 g/mol. The van der Waals surface area contributed by atoms with Crippen LogP contribution in [0.3, 0.4) is 0 Å². The molecule has 0 spiro atoms. The third kappa shape index (κ3) is 5.83. The summed E-state index contributed by atoms with van der Waals surface area (Å²) in [5.41, 5.74) is 4.65.